The van der Waals surface area contributed by atoms with Gasteiger partial charge in [0.2, 0.25) is 0 Å². The van der Waals surface area contributed by atoms with E-state index in [0.29, 0.717) is 6.67 Å². The number of rotatable bonds is 1. The first-order chi connectivity index (χ1) is 1.91. The van der Waals surface area contributed by atoms with Gasteiger partial charge in [0.25, 0.3) is 0 Å². The average Bonchev–Trinajstić information content (AvgIpc) is 1.37. The molecule has 0 aliphatic rings. The van der Waals surface area contributed by atoms with Gasteiger partial charge in [-0.15, -0.1) is 6.67 Å². The molecule has 3 heteroatoms. The van der Waals surface area contributed by atoms with Crippen molar-refractivity contribution >= 4 is 0 Å². The minimum absolute atomic E-state index is 0. The van der Waals surface area contributed by atoms with Gasteiger partial charge in [0.1, 0.15) is 0 Å². The smallest absolute Gasteiger partial charge is 0 e. The Balaban J connectivity index is 0. The van der Waals surface area contributed by atoms with Gasteiger partial charge in [0, 0.05) is 32.7 Å². The fourth-order valence-corrected chi connectivity index (χ4v) is 0. The van der Waals surface area contributed by atoms with Crippen molar-refractivity contribution in [3.8, 4) is 0 Å². The van der Waals surface area contributed by atoms with Gasteiger partial charge in [0.15, 0.2) is 0 Å². The summed E-state index contributed by atoms with van der Waals surface area (Å²) in [6, 6.07) is 0. The van der Waals surface area contributed by atoms with E-state index in [4.69, 9.17) is 5.73 Å². The molecule has 0 saturated heterocycles. The van der Waals surface area contributed by atoms with Gasteiger partial charge in [0.05, 0.1) is 0 Å². The van der Waals surface area contributed by atoms with E-state index in [-0.39, 0.29) is 32.7 Å². The molecule has 0 saturated carbocycles. The van der Waals surface area contributed by atoms with Gasteiger partial charge >= 0.3 is 0 Å². The van der Waals surface area contributed by atoms with E-state index in [1.165, 1.54) is 0 Å². The number of hydrogen-bond donors (Lipinski definition) is 1. The van der Waals surface area contributed by atoms with E-state index in [1.54, 1.807) is 7.05 Å². The molecule has 0 spiro atoms. The summed E-state index contributed by atoms with van der Waals surface area (Å²) in [7, 11) is 1.68. The Morgan fingerprint density at radius 1 is 1.80 bits per heavy atom. The molecule has 0 atom stereocenters. The van der Waals surface area contributed by atoms with Gasteiger partial charge in [-0.05, 0) is 0 Å². The van der Waals surface area contributed by atoms with Crippen molar-refractivity contribution in [2.24, 2.45) is 5.73 Å². The van der Waals surface area contributed by atoms with Crippen LogP contribution in [0.2, 0.25) is 0 Å². The van der Waals surface area contributed by atoms with Gasteiger partial charge in [-0.1, -0.05) is 0 Å². The third kappa shape index (κ3) is 11.2. The van der Waals surface area contributed by atoms with Crippen LogP contribution in [-0.2, 0) is 32.7 Å². The van der Waals surface area contributed by atoms with Crippen LogP contribution in [0.1, 0.15) is 0 Å². The summed E-state index contributed by atoms with van der Waals surface area (Å²) in [4.78, 5) is 0. The summed E-state index contributed by atoms with van der Waals surface area (Å²) in [6.45, 7) is 0.444. The largest absolute Gasteiger partial charge is 0.653 e. The molecule has 2 nitrogen and oxygen atoms in total. The third-order valence-corrected chi connectivity index (χ3v) is 0.183. The zero-order chi connectivity index (χ0) is 3.41. The molecule has 0 aromatic carbocycles. The van der Waals surface area contributed by atoms with Crippen molar-refractivity contribution in [2.75, 3.05) is 13.7 Å². The summed E-state index contributed by atoms with van der Waals surface area (Å²) in [5.41, 5.74) is 4.86. The fraction of sp³-hybridized carbons (Fsp3) is 1.00. The number of nitrogens with zero attached hydrogens (tertiary/aromatic N) is 1. The van der Waals surface area contributed by atoms with E-state index < -0.39 is 0 Å². The maximum atomic E-state index is 4.86. The standard InChI is InChI=1S/C2H7N2.Y/c1-4-2-3;/h2-3H2,1H3;/q-1;. The van der Waals surface area contributed by atoms with Crippen LogP contribution in [0.4, 0.5) is 0 Å². The van der Waals surface area contributed by atoms with Crippen molar-refractivity contribution < 1.29 is 32.7 Å². The van der Waals surface area contributed by atoms with E-state index in [1.807, 2.05) is 0 Å². The van der Waals surface area contributed by atoms with Crippen LogP contribution < -0.4 is 5.73 Å². The van der Waals surface area contributed by atoms with Crippen molar-refractivity contribution in [1.82, 2.24) is 0 Å². The topological polar surface area (TPSA) is 40.1 Å². The fourth-order valence-electron chi connectivity index (χ4n) is 0. The maximum absolute atomic E-state index is 4.86. The molecule has 0 unspecified atom stereocenters. The third-order valence-electron chi connectivity index (χ3n) is 0.183. The minimum Gasteiger partial charge on any atom is -0.653 e. The molecule has 0 bridgehead atoms. The van der Waals surface area contributed by atoms with E-state index in [2.05, 4.69) is 5.32 Å². The molecule has 0 aromatic heterocycles. The Morgan fingerprint density at radius 3 is 2.00 bits per heavy atom. The van der Waals surface area contributed by atoms with Crippen LogP contribution in [-0.4, -0.2) is 13.7 Å². The Labute approximate surface area is 57.4 Å². The van der Waals surface area contributed by atoms with E-state index >= 15 is 0 Å². The molecule has 0 amide bonds. The predicted octanol–water partition coefficient (Wildman–Crippen LogP) is -0.0964. The van der Waals surface area contributed by atoms with Crippen LogP contribution in [0.25, 0.3) is 5.32 Å². The molecule has 0 heterocycles. The van der Waals surface area contributed by atoms with Crippen molar-refractivity contribution in [1.29, 1.82) is 0 Å². The quantitative estimate of drug-likeness (QED) is 0.554. The summed E-state index contributed by atoms with van der Waals surface area (Å²) in [5, 5.41) is 3.51. The minimum atomic E-state index is 0. The summed E-state index contributed by atoms with van der Waals surface area (Å²) in [6.07, 6.45) is 0. The second kappa shape index (κ2) is 8.90. The van der Waals surface area contributed by atoms with Gasteiger partial charge in [-0.3, -0.25) is 0 Å². The zero-order valence-electron chi connectivity index (χ0n) is 3.31. The molecule has 29 valence electrons. The van der Waals surface area contributed by atoms with Crippen LogP contribution in [0.3, 0.4) is 0 Å². The van der Waals surface area contributed by atoms with Crippen molar-refractivity contribution in [2.45, 2.75) is 0 Å². The predicted molar refractivity (Wildman–Crippen MR) is 18.3 cm³/mol. The van der Waals surface area contributed by atoms with Crippen molar-refractivity contribution in [3.63, 3.8) is 0 Å². The molecule has 0 rings (SSSR count). The van der Waals surface area contributed by atoms with Gasteiger partial charge in [-0.25, -0.2) is 0 Å². The molecule has 5 heavy (non-hydrogen) atoms. The number of hydrogen-bond acceptors (Lipinski definition) is 1. The molecule has 2 N–H and O–H groups in total. The molecular weight excluding hydrogens is 141 g/mol. The molecule has 0 aliphatic heterocycles. The molecule has 0 aromatic rings. The van der Waals surface area contributed by atoms with E-state index in [0.717, 1.165) is 0 Å². The second-order valence-corrected chi connectivity index (χ2v) is 0.499. The number of nitrogens with two attached hydrogens (primary N) is 1. The molecule has 1 radical (unpaired) electrons. The first-order valence-electron chi connectivity index (χ1n) is 1.17. The van der Waals surface area contributed by atoms with E-state index in [9.17, 15) is 0 Å². The Hall–Kier alpha value is 1.02. The van der Waals surface area contributed by atoms with Crippen LogP contribution in [0.5, 0.6) is 0 Å². The molecule has 0 aliphatic carbocycles. The summed E-state index contributed by atoms with van der Waals surface area (Å²) >= 11 is 0. The van der Waals surface area contributed by atoms with Crippen LogP contribution in [0, 0.1) is 0 Å². The monoisotopic (exact) mass is 148 g/mol. The van der Waals surface area contributed by atoms with Gasteiger partial charge < -0.3 is 11.1 Å². The van der Waals surface area contributed by atoms with Crippen LogP contribution in [0.15, 0.2) is 0 Å². The first kappa shape index (κ1) is 9.39. The SMILES string of the molecule is C[N-]CN.[Y]. The molecule has 0 fully saturated rings. The Kier molecular flexibility index (Phi) is 16.7. The van der Waals surface area contributed by atoms with Crippen LogP contribution >= 0.6 is 0 Å². The zero-order valence-corrected chi connectivity index (χ0v) is 6.15. The van der Waals surface area contributed by atoms with Gasteiger partial charge in [-0.2, -0.15) is 7.05 Å². The Bertz CT molecular complexity index is 9.61. The summed E-state index contributed by atoms with van der Waals surface area (Å²) in [5.74, 6) is 0. The average molecular weight is 148 g/mol. The normalized spacial score (nSPS) is 6.00. The maximum Gasteiger partial charge on any atom is 0 e. The Morgan fingerprint density at radius 2 is 2.00 bits per heavy atom. The summed E-state index contributed by atoms with van der Waals surface area (Å²) < 4.78 is 0. The molecular formula is C2H7N2Y-. The second-order valence-electron chi connectivity index (χ2n) is 0.499. The first-order valence-corrected chi connectivity index (χ1v) is 1.17. The van der Waals surface area contributed by atoms with Crippen molar-refractivity contribution in [3.05, 3.63) is 5.32 Å².